The fraction of sp³-hybridized carbons (Fsp3) is 0. The number of aromatic nitrogens is 2. The second kappa shape index (κ2) is 6.92. The summed E-state index contributed by atoms with van der Waals surface area (Å²) in [5.41, 5.74) is 1.05. The molecule has 0 unspecified atom stereocenters. The molecule has 0 fully saturated rings. The van der Waals surface area contributed by atoms with Gasteiger partial charge in [-0.1, -0.05) is 29.3 Å². The first kappa shape index (κ1) is 16.9. The SMILES string of the molecule is O=C(Nc1cccc([N+](=O)[O-])c1)c1cnn(-c2ccc(Cl)cc2Cl)c1. The van der Waals surface area contributed by atoms with Crippen molar-refractivity contribution in [3.05, 3.63) is 80.6 Å². The van der Waals surface area contributed by atoms with E-state index in [9.17, 15) is 14.9 Å². The zero-order valence-corrected chi connectivity index (χ0v) is 14.0. The molecule has 0 saturated heterocycles. The number of non-ortho nitro benzene ring substituents is 1. The maximum atomic E-state index is 12.3. The molecule has 25 heavy (non-hydrogen) atoms. The molecule has 0 saturated carbocycles. The number of nitrogens with zero attached hydrogens (tertiary/aromatic N) is 3. The fourth-order valence-corrected chi connectivity index (χ4v) is 2.63. The van der Waals surface area contributed by atoms with Crippen LogP contribution in [0.1, 0.15) is 10.4 Å². The molecule has 0 radical (unpaired) electrons. The third-order valence-corrected chi connectivity index (χ3v) is 3.85. The van der Waals surface area contributed by atoms with Crippen LogP contribution < -0.4 is 5.32 Å². The zero-order valence-electron chi connectivity index (χ0n) is 12.5. The van der Waals surface area contributed by atoms with E-state index < -0.39 is 10.8 Å². The van der Waals surface area contributed by atoms with Crippen LogP contribution in [0.5, 0.6) is 0 Å². The largest absolute Gasteiger partial charge is 0.322 e. The van der Waals surface area contributed by atoms with E-state index in [0.717, 1.165) is 0 Å². The van der Waals surface area contributed by atoms with E-state index in [4.69, 9.17) is 23.2 Å². The third kappa shape index (κ3) is 3.78. The van der Waals surface area contributed by atoms with Crippen LogP contribution in [0.4, 0.5) is 11.4 Å². The van der Waals surface area contributed by atoms with Gasteiger partial charge in [-0.25, -0.2) is 4.68 Å². The van der Waals surface area contributed by atoms with Gasteiger partial charge in [0.15, 0.2) is 0 Å². The van der Waals surface area contributed by atoms with Crippen molar-refractivity contribution in [2.45, 2.75) is 0 Å². The van der Waals surface area contributed by atoms with Gasteiger partial charge in [-0.2, -0.15) is 5.10 Å². The lowest BCUT2D eigenvalue weighted by atomic mass is 10.2. The van der Waals surface area contributed by atoms with Crippen molar-refractivity contribution in [2.75, 3.05) is 5.32 Å². The van der Waals surface area contributed by atoms with Gasteiger partial charge in [0.05, 0.1) is 27.4 Å². The molecule has 1 aromatic heterocycles. The predicted octanol–water partition coefficient (Wildman–Crippen LogP) is 4.34. The molecule has 0 bridgehead atoms. The van der Waals surface area contributed by atoms with Crippen LogP contribution in [0.25, 0.3) is 5.69 Å². The highest BCUT2D eigenvalue weighted by atomic mass is 35.5. The number of rotatable bonds is 4. The Hall–Kier alpha value is -2.90. The molecule has 1 N–H and O–H groups in total. The Labute approximate surface area is 151 Å². The summed E-state index contributed by atoms with van der Waals surface area (Å²) in [6.07, 6.45) is 2.87. The zero-order chi connectivity index (χ0) is 18.0. The van der Waals surface area contributed by atoms with E-state index in [1.807, 2.05) is 0 Å². The van der Waals surface area contributed by atoms with Crippen molar-refractivity contribution < 1.29 is 9.72 Å². The van der Waals surface area contributed by atoms with E-state index in [1.165, 1.54) is 35.3 Å². The Kier molecular flexibility index (Phi) is 4.69. The number of nitro benzene ring substituents is 1. The maximum Gasteiger partial charge on any atom is 0.271 e. The maximum absolute atomic E-state index is 12.3. The van der Waals surface area contributed by atoms with Gasteiger partial charge >= 0.3 is 0 Å². The standard InChI is InChI=1S/C16H10Cl2N4O3/c17-11-4-5-15(14(18)6-11)21-9-10(8-19-21)16(23)20-12-2-1-3-13(7-12)22(24)25/h1-9H,(H,20,23). The van der Waals surface area contributed by atoms with Crippen LogP contribution in [0.2, 0.25) is 10.0 Å². The van der Waals surface area contributed by atoms with Crippen molar-refractivity contribution in [3.63, 3.8) is 0 Å². The van der Waals surface area contributed by atoms with E-state index in [2.05, 4.69) is 10.4 Å². The number of carbonyl (C=O) groups is 1. The van der Waals surface area contributed by atoms with Gasteiger partial charge in [0.2, 0.25) is 0 Å². The van der Waals surface area contributed by atoms with Gasteiger partial charge in [-0.15, -0.1) is 0 Å². The van der Waals surface area contributed by atoms with Crippen LogP contribution >= 0.6 is 23.2 Å². The fourth-order valence-electron chi connectivity index (χ4n) is 2.14. The van der Waals surface area contributed by atoms with Crippen LogP contribution in [0, 0.1) is 10.1 Å². The Bertz CT molecular complexity index is 972. The van der Waals surface area contributed by atoms with E-state index in [0.29, 0.717) is 21.4 Å². The third-order valence-electron chi connectivity index (χ3n) is 3.32. The first-order valence-electron chi connectivity index (χ1n) is 7.00. The van der Waals surface area contributed by atoms with Crippen LogP contribution in [0.3, 0.4) is 0 Å². The summed E-state index contributed by atoms with van der Waals surface area (Å²) in [6, 6.07) is 10.6. The molecular weight excluding hydrogens is 367 g/mol. The van der Waals surface area contributed by atoms with Crippen LogP contribution in [-0.4, -0.2) is 20.6 Å². The molecule has 9 heteroatoms. The quantitative estimate of drug-likeness (QED) is 0.541. The van der Waals surface area contributed by atoms with Crippen molar-refractivity contribution in [1.29, 1.82) is 0 Å². The highest BCUT2D eigenvalue weighted by Crippen LogP contribution is 2.24. The molecule has 3 aromatic rings. The summed E-state index contributed by atoms with van der Waals surface area (Å²) in [4.78, 5) is 22.5. The molecule has 0 aliphatic carbocycles. The molecule has 0 atom stereocenters. The molecule has 0 aliphatic rings. The molecule has 1 amide bonds. The lowest BCUT2D eigenvalue weighted by Gasteiger charge is -2.04. The van der Waals surface area contributed by atoms with Crippen molar-refractivity contribution in [3.8, 4) is 5.69 Å². The monoisotopic (exact) mass is 376 g/mol. The molecule has 126 valence electrons. The van der Waals surface area contributed by atoms with Crippen LogP contribution in [-0.2, 0) is 0 Å². The summed E-state index contributed by atoms with van der Waals surface area (Å²) >= 11 is 12.0. The molecule has 3 rings (SSSR count). The van der Waals surface area contributed by atoms with Gasteiger partial charge in [-0.3, -0.25) is 14.9 Å². The predicted molar refractivity (Wildman–Crippen MR) is 94.6 cm³/mol. The van der Waals surface area contributed by atoms with Crippen LogP contribution in [0.15, 0.2) is 54.9 Å². The van der Waals surface area contributed by atoms with E-state index >= 15 is 0 Å². The Morgan fingerprint density at radius 1 is 1.20 bits per heavy atom. The number of nitro groups is 1. The minimum atomic E-state index is -0.532. The highest BCUT2D eigenvalue weighted by Gasteiger charge is 2.13. The summed E-state index contributed by atoms with van der Waals surface area (Å²) < 4.78 is 1.45. The molecule has 0 spiro atoms. The average molecular weight is 377 g/mol. The number of hydrogen-bond acceptors (Lipinski definition) is 4. The number of amides is 1. The number of carbonyl (C=O) groups excluding carboxylic acids is 1. The first-order valence-corrected chi connectivity index (χ1v) is 7.75. The molecule has 2 aromatic carbocycles. The Balaban J connectivity index is 1.81. The van der Waals surface area contributed by atoms with E-state index in [-0.39, 0.29) is 11.3 Å². The van der Waals surface area contributed by atoms with Crippen molar-refractivity contribution in [1.82, 2.24) is 9.78 Å². The average Bonchev–Trinajstić information content (AvgIpc) is 3.05. The summed E-state index contributed by atoms with van der Waals surface area (Å²) in [5, 5.41) is 18.4. The van der Waals surface area contributed by atoms with Crippen molar-refractivity contribution in [2.24, 2.45) is 0 Å². The molecule has 0 aliphatic heterocycles. The molecular formula is C16H10Cl2N4O3. The lowest BCUT2D eigenvalue weighted by Crippen LogP contribution is -2.11. The normalized spacial score (nSPS) is 10.5. The second-order valence-electron chi connectivity index (χ2n) is 5.03. The number of hydrogen-bond donors (Lipinski definition) is 1. The lowest BCUT2D eigenvalue weighted by molar-refractivity contribution is -0.384. The minimum Gasteiger partial charge on any atom is -0.322 e. The van der Waals surface area contributed by atoms with Gasteiger partial charge in [0.25, 0.3) is 11.6 Å². The Morgan fingerprint density at radius 2 is 2.00 bits per heavy atom. The summed E-state index contributed by atoms with van der Waals surface area (Å²) in [5.74, 6) is -0.447. The number of benzene rings is 2. The first-order chi connectivity index (χ1) is 11.9. The molecule has 7 nitrogen and oxygen atoms in total. The van der Waals surface area contributed by atoms with E-state index in [1.54, 1.807) is 24.3 Å². The van der Waals surface area contributed by atoms with Gasteiger partial charge < -0.3 is 5.32 Å². The van der Waals surface area contributed by atoms with Gasteiger partial charge in [0, 0.05) is 29.0 Å². The summed E-state index contributed by atoms with van der Waals surface area (Å²) in [6.45, 7) is 0. The molecule has 1 heterocycles. The number of anilines is 1. The highest BCUT2D eigenvalue weighted by molar-refractivity contribution is 6.35. The van der Waals surface area contributed by atoms with Crippen molar-refractivity contribution >= 4 is 40.5 Å². The van der Waals surface area contributed by atoms with Gasteiger partial charge in [0.1, 0.15) is 0 Å². The second-order valence-corrected chi connectivity index (χ2v) is 5.87. The summed E-state index contributed by atoms with van der Waals surface area (Å²) in [7, 11) is 0. The van der Waals surface area contributed by atoms with Gasteiger partial charge in [-0.05, 0) is 24.3 Å². The topological polar surface area (TPSA) is 90.1 Å². The number of halogens is 2. The smallest absolute Gasteiger partial charge is 0.271 e. The minimum absolute atomic E-state index is 0.110. The number of nitrogens with one attached hydrogen (secondary N) is 1. The Morgan fingerprint density at radius 3 is 2.72 bits per heavy atom.